The number of hydrogen-bond acceptors (Lipinski definition) is 5. The summed E-state index contributed by atoms with van der Waals surface area (Å²) in [6.45, 7) is 1.32. The van der Waals surface area contributed by atoms with E-state index in [9.17, 15) is 4.79 Å². The molecule has 0 bridgehead atoms. The number of nitrogens with two attached hydrogens (primary N) is 1. The zero-order valence-electron chi connectivity index (χ0n) is 15.2. The summed E-state index contributed by atoms with van der Waals surface area (Å²) >= 11 is 1.67. The van der Waals surface area contributed by atoms with Gasteiger partial charge in [0, 0.05) is 42.7 Å². The molecule has 1 aliphatic carbocycles. The maximum Gasteiger partial charge on any atom is 0.220 e. The summed E-state index contributed by atoms with van der Waals surface area (Å²) in [7, 11) is 0. The fourth-order valence-electron chi connectivity index (χ4n) is 3.71. The standard InChI is InChI=1S/C20H28N4OS/c21-15-20(8-2-1-3-9-20)13-18(25)23-10-4-5-19-24-17(14-26-19)16-6-11-22-12-7-16/h6-7,11-12,14H,1-5,8-10,13,15,21H2,(H,23,25). The van der Waals surface area contributed by atoms with Crippen LogP contribution in [-0.4, -0.2) is 29.0 Å². The predicted molar refractivity (Wildman–Crippen MR) is 106 cm³/mol. The molecule has 0 aliphatic heterocycles. The number of aromatic nitrogens is 2. The largest absolute Gasteiger partial charge is 0.356 e. The molecule has 26 heavy (non-hydrogen) atoms. The Labute approximate surface area is 159 Å². The van der Waals surface area contributed by atoms with Crippen molar-refractivity contribution in [1.82, 2.24) is 15.3 Å². The lowest BCUT2D eigenvalue weighted by atomic mass is 9.71. The number of nitrogens with one attached hydrogen (secondary N) is 1. The third-order valence-electron chi connectivity index (χ3n) is 5.30. The Hall–Kier alpha value is -1.79. The van der Waals surface area contributed by atoms with Crippen LogP contribution in [0.2, 0.25) is 0 Å². The molecule has 5 nitrogen and oxygen atoms in total. The molecule has 1 fully saturated rings. The van der Waals surface area contributed by atoms with Crippen molar-refractivity contribution in [1.29, 1.82) is 0 Å². The topological polar surface area (TPSA) is 80.9 Å². The fourth-order valence-corrected chi connectivity index (χ4v) is 4.56. The van der Waals surface area contributed by atoms with Crippen LogP contribution in [0, 0.1) is 5.41 Å². The van der Waals surface area contributed by atoms with Gasteiger partial charge in [0.05, 0.1) is 10.7 Å². The average Bonchev–Trinajstić information content (AvgIpc) is 3.16. The first kappa shape index (κ1) is 19.0. The lowest BCUT2D eigenvalue weighted by Gasteiger charge is -2.35. The van der Waals surface area contributed by atoms with E-state index in [0.29, 0.717) is 19.5 Å². The van der Waals surface area contributed by atoms with E-state index in [0.717, 1.165) is 41.9 Å². The van der Waals surface area contributed by atoms with Gasteiger partial charge < -0.3 is 11.1 Å². The van der Waals surface area contributed by atoms with Gasteiger partial charge >= 0.3 is 0 Å². The molecule has 2 aromatic heterocycles. The number of pyridine rings is 1. The normalized spacial score (nSPS) is 16.3. The fraction of sp³-hybridized carbons (Fsp3) is 0.550. The van der Waals surface area contributed by atoms with Gasteiger partial charge in [0.2, 0.25) is 5.91 Å². The maximum atomic E-state index is 12.3. The first-order chi connectivity index (χ1) is 12.7. The molecule has 3 N–H and O–H groups in total. The number of aryl methyl sites for hydroxylation is 1. The zero-order valence-corrected chi connectivity index (χ0v) is 16.1. The number of carbonyl (C=O) groups is 1. The molecular formula is C20H28N4OS. The summed E-state index contributed by atoms with van der Waals surface area (Å²) < 4.78 is 0. The molecule has 0 saturated heterocycles. The van der Waals surface area contributed by atoms with Gasteiger partial charge in [-0.25, -0.2) is 4.98 Å². The van der Waals surface area contributed by atoms with Crippen LogP contribution in [0.15, 0.2) is 29.9 Å². The molecule has 1 amide bonds. The van der Waals surface area contributed by atoms with Crippen LogP contribution < -0.4 is 11.1 Å². The first-order valence-electron chi connectivity index (χ1n) is 9.52. The molecule has 1 saturated carbocycles. The summed E-state index contributed by atoms with van der Waals surface area (Å²) in [5.74, 6) is 0.147. The van der Waals surface area contributed by atoms with E-state index < -0.39 is 0 Å². The van der Waals surface area contributed by atoms with Crippen molar-refractivity contribution in [3.63, 3.8) is 0 Å². The Balaban J connectivity index is 1.40. The minimum absolute atomic E-state index is 0.0388. The number of amides is 1. The van der Waals surface area contributed by atoms with E-state index in [1.165, 1.54) is 19.3 Å². The molecule has 1 aliphatic rings. The summed E-state index contributed by atoms with van der Waals surface area (Å²) in [5.41, 5.74) is 8.11. The van der Waals surface area contributed by atoms with Crippen molar-refractivity contribution in [3.05, 3.63) is 34.9 Å². The first-order valence-corrected chi connectivity index (χ1v) is 10.4. The lowest BCUT2D eigenvalue weighted by Crippen LogP contribution is -2.38. The van der Waals surface area contributed by atoms with Crippen LogP contribution in [0.4, 0.5) is 0 Å². The predicted octanol–water partition coefficient (Wildman–Crippen LogP) is 3.55. The van der Waals surface area contributed by atoms with Crippen molar-refractivity contribution >= 4 is 17.2 Å². The zero-order chi connectivity index (χ0) is 18.2. The number of rotatable bonds is 8. The Kier molecular flexibility index (Phi) is 6.74. The third-order valence-corrected chi connectivity index (χ3v) is 6.21. The molecule has 0 atom stereocenters. The van der Waals surface area contributed by atoms with Crippen LogP contribution >= 0.6 is 11.3 Å². The van der Waals surface area contributed by atoms with E-state index in [1.807, 2.05) is 12.1 Å². The lowest BCUT2D eigenvalue weighted by molar-refractivity contribution is -0.123. The number of carbonyl (C=O) groups excluding carboxylic acids is 1. The molecule has 0 aromatic carbocycles. The van der Waals surface area contributed by atoms with Crippen molar-refractivity contribution in [3.8, 4) is 11.3 Å². The minimum Gasteiger partial charge on any atom is -0.356 e. The maximum absolute atomic E-state index is 12.3. The second-order valence-corrected chi connectivity index (χ2v) is 8.20. The third kappa shape index (κ3) is 5.11. The van der Waals surface area contributed by atoms with E-state index in [2.05, 4.69) is 20.7 Å². The Bertz CT molecular complexity index is 695. The Morgan fingerprint density at radius 1 is 1.23 bits per heavy atom. The minimum atomic E-state index is 0.0388. The van der Waals surface area contributed by atoms with E-state index in [4.69, 9.17) is 5.73 Å². The van der Waals surface area contributed by atoms with Gasteiger partial charge in [0.15, 0.2) is 0 Å². The van der Waals surface area contributed by atoms with Crippen LogP contribution in [0.5, 0.6) is 0 Å². The van der Waals surface area contributed by atoms with Crippen LogP contribution in [0.25, 0.3) is 11.3 Å². The molecule has 6 heteroatoms. The average molecular weight is 373 g/mol. The molecule has 3 rings (SSSR count). The highest BCUT2D eigenvalue weighted by atomic mass is 32.1. The van der Waals surface area contributed by atoms with Gasteiger partial charge in [-0.15, -0.1) is 11.3 Å². The van der Waals surface area contributed by atoms with Crippen LogP contribution in [0.3, 0.4) is 0 Å². The molecule has 0 unspecified atom stereocenters. The van der Waals surface area contributed by atoms with Gasteiger partial charge in [-0.1, -0.05) is 19.3 Å². The van der Waals surface area contributed by atoms with Crippen molar-refractivity contribution < 1.29 is 4.79 Å². The van der Waals surface area contributed by atoms with Crippen molar-refractivity contribution in [2.45, 2.75) is 51.4 Å². The van der Waals surface area contributed by atoms with Gasteiger partial charge in [-0.2, -0.15) is 0 Å². The van der Waals surface area contributed by atoms with Crippen molar-refractivity contribution in [2.24, 2.45) is 11.1 Å². The molecule has 140 valence electrons. The Morgan fingerprint density at radius 2 is 2.00 bits per heavy atom. The van der Waals surface area contributed by atoms with E-state index >= 15 is 0 Å². The number of hydrogen-bond donors (Lipinski definition) is 2. The number of thiazole rings is 1. The van der Waals surface area contributed by atoms with E-state index in [-0.39, 0.29) is 11.3 Å². The van der Waals surface area contributed by atoms with Gasteiger partial charge in [-0.3, -0.25) is 9.78 Å². The summed E-state index contributed by atoms with van der Waals surface area (Å²) in [4.78, 5) is 21.0. The molecule has 2 aromatic rings. The molecular weight excluding hydrogens is 344 g/mol. The van der Waals surface area contributed by atoms with Crippen molar-refractivity contribution in [2.75, 3.05) is 13.1 Å². The van der Waals surface area contributed by atoms with Gasteiger partial charge in [-0.05, 0) is 43.4 Å². The second-order valence-electron chi connectivity index (χ2n) is 7.26. The summed E-state index contributed by atoms with van der Waals surface area (Å²) in [6.07, 6.45) is 11.8. The molecule has 0 radical (unpaired) electrons. The number of nitrogens with zero attached hydrogens (tertiary/aromatic N) is 2. The highest BCUT2D eigenvalue weighted by molar-refractivity contribution is 7.09. The highest BCUT2D eigenvalue weighted by Gasteiger charge is 2.32. The summed E-state index contributed by atoms with van der Waals surface area (Å²) in [5, 5.41) is 6.26. The van der Waals surface area contributed by atoms with Gasteiger partial charge in [0.1, 0.15) is 0 Å². The quantitative estimate of drug-likeness (QED) is 0.694. The van der Waals surface area contributed by atoms with Crippen LogP contribution in [0.1, 0.15) is 50.0 Å². The smallest absolute Gasteiger partial charge is 0.220 e. The van der Waals surface area contributed by atoms with Gasteiger partial charge in [0.25, 0.3) is 0 Å². The molecule has 0 spiro atoms. The SMILES string of the molecule is NCC1(CC(=O)NCCCc2nc(-c3ccncc3)cs2)CCCCC1. The van der Waals surface area contributed by atoms with E-state index in [1.54, 1.807) is 23.7 Å². The highest BCUT2D eigenvalue weighted by Crippen LogP contribution is 2.38. The Morgan fingerprint density at radius 3 is 2.73 bits per heavy atom. The molecule has 2 heterocycles. The monoisotopic (exact) mass is 372 g/mol. The summed E-state index contributed by atoms with van der Waals surface area (Å²) in [6, 6.07) is 3.94. The second kappa shape index (κ2) is 9.24. The van der Waals surface area contributed by atoms with Crippen LogP contribution in [-0.2, 0) is 11.2 Å².